The molecule has 0 atom stereocenters. The van der Waals surface area contributed by atoms with Gasteiger partial charge in [-0.15, -0.1) is 12.4 Å². The van der Waals surface area contributed by atoms with Gasteiger partial charge in [-0.2, -0.15) is 13.2 Å². The minimum absolute atomic E-state index is 0. The van der Waals surface area contributed by atoms with Gasteiger partial charge in [-0.05, 0) is 55.6 Å². The molecular weight excluding hydrogens is 317 g/mol. The smallest absolute Gasteiger partial charge is 0.345 e. The molecule has 3 nitrogen and oxygen atoms in total. The van der Waals surface area contributed by atoms with E-state index in [1.165, 1.54) is 17.0 Å². The molecule has 1 amide bonds. The Hall–Kier alpha value is -1.27. The molecule has 1 aromatic rings. The molecule has 0 unspecified atom stereocenters. The van der Waals surface area contributed by atoms with Crippen molar-refractivity contribution >= 4 is 18.3 Å². The number of benzene rings is 1. The number of amides is 1. The Balaban J connectivity index is 0.00000242. The third kappa shape index (κ3) is 4.14. The van der Waals surface area contributed by atoms with E-state index in [-0.39, 0.29) is 29.8 Å². The lowest BCUT2D eigenvalue weighted by Gasteiger charge is -2.26. The predicted octanol–water partition coefficient (Wildman–Crippen LogP) is 3.30. The lowest BCUT2D eigenvalue weighted by Crippen LogP contribution is -2.28. The maximum absolute atomic E-state index is 13.2. The number of hydrogen-bond donors (Lipinski definition) is 1. The van der Waals surface area contributed by atoms with Crippen LogP contribution in [-0.2, 0) is 6.18 Å². The molecule has 1 aliphatic rings. The molecule has 0 aromatic heterocycles. The minimum atomic E-state index is -4.39. The molecule has 1 saturated heterocycles. The van der Waals surface area contributed by atoms with E-state index < -0.39 is 11.7 Å². The highest BCUT2D eigenvalue weighted by atomic mass is 35.5. The molecule has 1 aliphatic heterocycles. The molecule has 0 saturated carbocycles. The van der Waals surface area contributed by atoms with Crippen molar-refractivity contribution in [2.75, 3.05) is 27.2 Å². The molecule has 22 heavy (non-hydrogen) atoms. The summed E-state index contributed by atoms with van der Waals surface area (Å²) < 4.78 is 39.6. The van der Waals surface area contributed by atoms with Crippen molar-refractivity contribution in [2.24, 2.45) is 0 Å². The Morgan fingerprint density at radius 3 is 2.32 bits per heavy atom. The molecule has 1 fully saturated rings. The Kier molecular flexibility index (Phi) is 6.26. The van der Waals surface area contributed by atoms with Crippen molar-refractivity contribution in [1.29, 1.82) is 0 Å². The van der Waals surface area contributed by atoms with E-state index in [9.17, 15) is 18.0 Å². The minimum Gasteiger partial charge on any atom is -0.345 e. The van der Waals surface area contributed by atoms with Crippen LogP contribution in [0.5, 0.6) is 0 Å². The van der Waals surface area contributed by atoms with Crippen LogP contribution in [0.2, 0.25) is 0 Å². The molecule has 1 N–H and O–H groups in total. The van der Waals surface area contributed by atoms with Crippen LogP contribution in [0.3, 0.4) is 0 Å². The molecule has 0 radical (unpaired) electrons. The van der Waals surface area contributed by atoms with Gasteiger partial charge in [-0.1, -0.05) is 0 Å². The number of piperidine rings is 1. The van der Waals surface area contributed by atoms with Gasteiger partial charge in [0, 0.05) is 19.7 Å². The van der Waals surface area contributed by atoms with Crippen molar-refractivity contribution in [3.63, 3.8) is 0 Å². The lowest BCUT2D eigenvalue weighted by atomic mass is 9.85. The average molecular weight is 337 g/mol. The second-order valence-corrected chi connectivity index (χ2v) is 5.52. The first kappa shape index (κ1) is 18.8. The van der Waals surface area contributed by atoms with Crippen LogP contribution in [0.25, 0.3) is 0 Å². The van der Waals surface area contributed by atoms with Gasteiger partial charge in [-0.3, -0.25) is 4.79 Å². The van der Waals surface area contributed by atoms with Crippen molar-refractivity contribution < 1.29 is 18.0 Å². The zero-order valence-electron chi connectivity index (χ0n) is 12.5. The van der Waals surface area contributed by atoms with Crippen molar-refractivity contribution in [3.8, 4) is 0 Å². The fourth-order valence-electron chi connectivity index (χ4n) is 2.68. The summed E-state index contributed by atoms with van der Waals surface area (Å²) in [6.07, 6.45) is -3.08. The van der Waals surface area contributed by atoms with E-state index in [0.29, 0.717) is 31.5 Å². The number of nitrogens with zero attached hydrogens (tertiary/aromatic N) is 1. The zero-order valence-corrected chi connectivity index (χ0v) is 13.4. The molecular formula is C15H20ClF3N2O. The summed E-state index contributed by atoms with van der Waals surface area (Å²) in [5.41, 5.74) is -0.0667. The van der Waals surface area contributed by atoms with Crippen molar-refractivity contribution in [2.45, 2.75) is 24.9 Å². The third-order valence-electron chi connectivity index (χ3n) is 3.79. The average Bonchev–Trinajstić information content (AvgIpc) is 2.45. The normalized spacial score (nSPS) is 16.0. The summed E-state index contributed by atoms with van der Waals surface area (Å²) in [5, 5.41) is 3.14. The van der Waals surface area contributed by atoms with Gasteiger partial charge in [0.05, 0.1) is 5.56 Å². The van der Waals surface area contributed by atoms with E-state index in [1.807, 2.05) is 0 Å². The molecule has 1 aromatic carbocycles. The maximum Gasteiger partial charge on any atom is 0.416 e. The van der Waals surface area contributed by atoms with Crippen LogP contribution in [0, 0.1) is 0 Å². The highest BCUT2D eigenvalue weighted by Crippen LogP contribution is 2.38. The van der Waals surface area contributed by atoms with Gasteiger partial charge in [0.15, 0.2) is 0 Å². The Morgan fingerprint density at radius 1 is 1.23 bits per heavy atom. The van der Waals surface area contributed by atoms with E-state index in [2.05, 4.69) is 5.32 Å². The summed E-state index contributed by atoms with van der Waals surface area (Å²) in [4.78, 5) is 13.3. The van der Waals surface area contributed by atoms with Gasteiger partial charge in [0.25, 0.3) is 5.91 Å². The molecule has 0 aliphatic carbocycles. The second-order valence-electron chi connectivity index (χ2n) is 5.52. The fourth-order valence-corrected chi connectivity index (χ4v) is 2.68. The van der Waals surface area contributed by atoms with Gasteiger partial charge >= 0.3 is 6.18 Å². The largest absolute Gasteiger partial charge is 0.416 e. The van der Waals surface area contributed by atoms with Crippen molar-refractivity contribution in [1.82, 2.24) is 10.2 Å². The van der Waals surface area contributed by atoms with E-state index in [4.69, 9.17) is 0 Å². The number of nitrogens with one attached hydrogen (secondary N) is 1. The first-order chi connectivity index (χ1) is 9.80. The number of hydrogen-bond acceptors (Lipinski definition) is 2. The second kappa shape index (κ2) is 7.33. The number of alkyl halides is 3. The third-order valence-corrected chi connectivity index (χ3v) is 3.79. The summed E-state index contributed by atoms with van der Waals surface area (Å²) in [6.45, 7) is 1.40. The van der Waals surface area contributed by atoms with Crippen LogP contribution >= 0.6 is 12.4 Å². The number of rotatable bonds is 2. The molecule has 124 valence electrons. The summed E-state index contributed by atoms with van der Waals surface area (Å²) in [7, 11) is 3.18. The number of halogens is 4. The molecule has 0 spiro atoms. The lowest BCUT2D eigenvalue weighted by molar-refractivity contribution is -0.138. The van der Waals surface area contributed by atoms with Gasteiger partial charge in [0.2, 0.25) is 0 Å². The Bertz CT molecular complexity index is 526. The van der Waals surface area contributed by atoms with Crippen LogP contribution in [0.1, 0.15) is 40.2 Å². The predicted molar refractivity (Wildman–Crippen MR) is 81.6 cm³/mol. The van der Waals surface area contributed by atoms with E-state index in [0.717, 1.165) is 6.07 Å². The van der Waals surface area contributed by atoms with Crippen molar-refractivity contribution in [3.05, 3.63) is 34.9 Å². The topological polar surface area (TPSA) is 32.3 Å². The number of carbonyl (C=O) groups excluding carboxylic acids is 1. The highest BCUT2D eigenvalue weighted by molar-refractivity contribution is 5.94. The van der Waals surface area contributed by atoms with Crippen LogP contribution in [0.4, 0.5) is 13.2 Å². The van der Waals surface area contributed by atoms with Crippen LogP contribution < -0.4 is 5.32 Å². The molecule has 1 heterocycles. The Morgan fingerprint density at radius 2 is 1.82 bits per heavy atom. The standard InChI is InChI=1S/C15H19F3N2O.ClH/c1-20(2)14(21)11-3-4-13(15(16,17)18)12(9-11)10-5-7-19-8-6-10;/h3-4,9-10,19H,5-8H2,1-2H3;1H. The SMILES string of the molecule is CN(C)C(=O)c1ccc(C(F)(F)F)c(C2CCNCC2)c1.Cl. The van der Waals surface area contributed by atoms with Gasteiger partial charge in [0.1, 0.15) is 0 Å². The molecule has 2 rings (SSSR count). The maximum atomic E-state index is 13.2. The summed E-state index contributed by atoms with van der Waals surface area (Å²) in [6, 6.07) is 3.71. The molecule has 0 bridgehead atoms. The first-order valence-electron chi connectivity index (χ1n) is 6.94. The highest BCUT2D eigenvalue weighted by Gasteiger charge is 2.36. The summed E-state index contributed by atoms with van der Waals surface area (Å²) >= 11 is 0. The Labute approximate surface area is 134 Å². The van der Waals surface area contributed by atoms with Gasteiger partial charge < -0.3 is 10.2 Å². The van der Waals surface area contributed by atoms with Crippen LogP contribution in [-0.4, -0.2) is 38.0 Å². The first-order valence-corrected chi connectivity index (χ1v) is 6.94. The van der Waals surface area contributed by atoms with E-state index >= 15 is 0 Å². The fraction of sp³-hybridized carbons (Fsp3) is 0.533. The van der Waals surface area contributed by atoms with E-state index in [1.54, 1.807) is 14.1 Å². The number of carbonyl (C=O) groups is 1. The quantitative estimate of drug-likeness (QED) is 0.898. The summed E-state index contributed by atoms with van der Waals surface area (Å²) in [5.74, 6) is -0.434. The van der Waals surface area contributed by atoms with Crippen LogP contribution in [0.15, 0.2) is 18.2 Å². The van der Waals surface area contributed by atoms with Gasteiger partial charge in [-0.25, -0.2) is 0 Å². The monoisotopic (exact) mass is 336 g/mol. The molecule has 7 heteroatoms. The zero-order chi connectivity index (χ0) is 15.6.